The fraction of sp³-hybridized carbons (Fsp3) is 0.500. The van der Waals surface area contributed by atoms with Gasteiger partial charge in [-0.3, -0.25) is 0 Å². The van der Waals surface area contributed by atoms with Gasteiger partial charge in [-0.05, 0) is 49.5 Å². The quantitative estimate of drug-likeness (QED) is 0.896. The van der Waals surface area contributed by atoms with Crippen molar-refractivity contribution in [2.45, 2.75) is 25.1 Å². The minimum absolute atomic E-state index is 0. The third-order valence-corrected chi connectivity index (χ3v) is 2.90. The fourth-order valence-electron chi connectivity index (χ4n) is 2.12. The van der Waals surface area contributed by atoms with E-state index in [-0.39, 0.29) is 18.2 Å². The molecule has 0 bridgehead atoms. The second kappa shape index (κ2) is 6.29. The average molecular weight is 282 g/mol. The van der Waals surface area contributed by atoms with E-state index in [1.165, 1.54) is 12.1 Å². The summed E-state index contributed by atoms with van der Waals surface area (Å²) >= 11 is 0. The number of alkyl halides is 3. The SMILES string of the molecule is Cl.FC(F)(F)Oc1cccc(C2CCNCC2)c1. The lowest BCUT2D eigenvalue weighted by molar-refractivity contribution is -0.274. The van der Waals surface area contributed by atoms with Crippen molar-refractivity contribution in [2.75, 3.05) is 13.1 Å². The summed E-state index contributed by atoms with van der Waals surface area (Å²) in [5.74, 6) is 0.196. The minimum atomic E-state index is -4.62. The van der Waals surface area contributed by atoms with Crippen LogP contribution >= 0.6 is 12.4 Å². The van der Waals surface area contributed by atoms with Gasteiger partial charge in [0.05, 0.1) is 0 Å². The fourth-order valence-corrected chi connectivity index (χ4v) is 2.12. The Kier molecular flexibility index (Phi) is 5.28. The maximum atomic E-state index is 12.1. The van der Waals surface area contributed by atoms with Gasteiger partial charge in [-0.1, -0.05) is 12.1 Å². The number of hydrogen-bond acceptors (Lipinski definition) is 2. The summed E-state index contributed by atoms with van der Waals surface area (Å²) in [6.45, 7) is 1.82. The first-order chi connectivity index (χ1) is 8.04. The standard InChI is InChI=1S/C12H14F3NO.ClH/c13-12(14,15)17-11-3-1-2-10(8-11)9-4-6-16-7-5-9;/h1-3,8-9,16H,4-7H2;1H. The van der Waals surface area contributed by atoms with E-state index in [1.54, 1.807) is 6.07 Å². The van der Waals surface area contributed by atoms with Crippen molar-refractivity contribution in [3.05, 3.63) is 29.8 Å². The van der Waals surface area contributed by atoms with Crippen molar-refractivity contribution < 1.29 is 17.9 Å². The van der Waals surface area contributed by atoms with Gasteiger partial charge >= 0.3 is 6.36 Å². The molecular formula is C12H15ClF3NO. The van der Waals surface area contributed by atoms with Crippen molar-refractivity contribution in [1.29, 1.82) is 0 Å². The molecule has 1 saturated heterocycles. The van der Waals surface area contributed by atoms with Crippen molar-refractivity contribution >= 4 is 12.4 Å². The topological polar surface area (TPSA) is 21.3 Å². The van der Waals surface area contributed by atoms with Gasteiger partial charge in [-0.2, -0.15) is 0 Å². The van der Waals surface area contributed by atoms with Crippen LogP contribution in [-0.2, 0) is 0 Å². The Morgan fingerprint density at radius 2 is 1.83 bits per heavy atom. The summed E-state index contributed by atoms with van der Waals surface area (Å²) in [6, 6.07) is 6.29. The number of hydrogen-bond donors (Lipinski definition) is 1. The first kappa shape index (κ1) is 15.1. The molecule has 1 aliphatic heterocycles. The van der Waals surface area contributed by atoms with E-state index in [0.717, 1.165) is 31.5 Å². The van der Waals surface area contributed by atoms with E-state index >= 15 is 0 Å². The van der Waals surface area contributed by atoms with Gasteiger partial charge in [0, 0.05) is 0 Å². The van der Waals surface area contributed by atoms with Gasteiger partial charge in [0.2, 0.25) is 0 Å². The predicted octanol–water partition coefficient (Wildman–Crippen LogP) is 3.47. The molecule has 0 atom stereocenters. The first-order valence-electron chi connectivity index (χ1n) is 5.61. The summed E-state index contributed by atoms with van der Waals surface area (Å²) < 4.78 is 40.2. The molecule has 1 aromatic rings. The molecule has 0 spiro atoms. The number of piperidine rings is 1. The average Bonchev–Trinajstić information content (AvgIpc) is 2.28. The smallest absolute Gasteiger partial charge is 0.406 e. The monoisotopic (exact) mass is 281 g/mol. The maximum Gasteiger partial charge on any atom is 0.573 e. The van der Waals surface area contributed by atoms with Crippen LogP contribution in [0.3, 0.4) is 0 Å². The highest BCUT2D eigenvalue weighted by molar-refractivity contribution is 5.85. The van der Waals surface area contributed by atoms with Crippen LogP contribution < -0.4 is 10.1 Å². The molecule has 0 aliphatic carbocycles. The van der Waals surface area contributed by atoms with Crippen molar-refractivity contribution in [3.8, 4) is 5.75 Å². The Morgan fingerprint density at radius 3 is 2.44 bits per heavy atom. The summed E-state index contributed by atoms with van der Waals surface area (Å²) in [7, 11) is 0. The summed E-state index contributed by atoms with van der Waals surface area (Å²) in [5.41, 5.74) is 0.924. The Hall–Kier alpha value is -0.940. The van der Waals surface area contributed by atoms with E-state index in [9.17, 15) is 13.2 Å². The van der Waals surface area contributed by atoms with Crippen LogP contribution in [0.4, 0.5) is 13.2 Å². The van der Waals surface area contributed by atoms with Crippen LogP contribution in [0.25, 0.3) is 0 Å². The highest BCUT2D eigenvalue weighted by Gasteiger charge is 2.31. The molecule has 0 saturated carbocycles. The molecule has 2 rings (SSSR count). The highest BCUT2D eigenvalue weighted by atomic mass is 35.5. The van der Waals surface area contributed by atoms with Gasteiger partial charge in [0.25, 0.3) is 0 Å². The van der Waals surface area contributed by atoms with Gasteiger partial charge in [-0.15, -0.1) is 25.6 Å². The minimum Gasteiger partial charge on any atom is -0.406 e. The highest BCUT2D eigenvalue weighted by Crippen LogP contribution is 2.30. The maximum absolute atomic E-state index is 12.1. The predicted molar refractivity (Wildman–Crippen MR) is 65.2 cm³/mol. The van der Waals surface area contributed by atoms with Gasteiger partial charge in [0.1, 0.15) is 5.75 Å². The first-order valence-corrected chi connectivity index (χ1v) is 5.61. The zero-order valence-electron chi connectivity index (χ0n) is 9.67. The molecule has 1 aliphatic rings. The Bertz CT molecular complexity index is 378. The van der Waals surface area contributed by atoms with E-state index in [2.05, 4.69) is 10.1 Å². The molecule has 0 amide bonds. The van der Waals surface area contributed by atoms with Crippen molar-refractivity contribution in [2.24, 2.45) is 0 Å². The number of halogens is 4. The largest absolute Gasteiger partial charge is 0.573 e. The zero-order valence-corrected chi connectivity index (χ0v) is 10.5. The molecule has 1 N–H and O–H groups in total. The van der Waals surface area contributed by atoms with Crippen LogP contribution in [0.5, 0.6) is 5.75 Å². The van der Waals surface area contributed by atoms with Gasteiger partial charge < -0.3 is 10.1 Å². The molecule has 0 aromatic heterocycles. The van der Waals surface area contributed by atoms with Crippen LogP contribution in [0.15, 0.2) is 24.3 Å². The number of ether oxygens (including phenoxy) is 1. The van der Waals surface area contributed by atoms with E-state index in [0.29, 0.717) is 5.92 Å². The lowest BCUT2D eigenvalue weighted by Gasteiger charge is -2.23. The van der Waals surface area contributed by atoms with Crippen molar-refractivity contribution in [3.63, 3.8) is 0 Å². The molecular weight excluding hydrogens is 267 g/mol. The molecule has 2 nitrogen and oxygen atoms in total. The Labute approximate surface area is 110 Å². The van der Waals surface area contributed by atoms with Crippen LogP contribution in [-0.4, -0.2) is 19.5 Å². The normalized spacial score (nSPS) is 17.1. The molecule has 1 heterocycles. The van der Waals surface area contributed by atoms with Crippen LogP contribution in [0.2, 0.25) is 0 Å². The molecule has 1 fully saturated rings. The second-order valence-electron chi connectivity index (χ2n) is 4.14. The lowest BCUT2D eigenvalue weighted by atomic mass is 9.90. The molecule has 1 aromatic carbocycles. The Morgan fingerprint density at radius 1 is 1.17 bits per heavy atom. The molecule has 102 valence electrons. The molecule has 0 unspecified atom stereocenters. The third kappa shape index (κ3) is 4.38. The van der Waals surface area contributed by atoms with Crippen LogP contribution in [0, 0.1) is 0 Å². The third-order valence-electron chi connectivity index (χ3n) is 2.90. The van der Waals surface area contributed by atoms with E-state index in [1.807, 2.05) is 6.07 Å². The molecule has 0 radical (unpaired) electrons. The Balaban J connectivity index is 0.00000162. The van der Waals surface area contributed by atoms with E-state index in [4.69, 9.17) is 0 Å². The number of benzene rings is 1. The summed E-state index contributed by atoms with van der Waals surface area (Å²) in [4.78, 5) is 0. The van der Waals surface area contributed by atoms with E-state index < -0.39 is 6.36 Å². The number of nitrogens with one attached hydrogen (secondary N) is 1. The van der Waals surface area contributed by atoms with Gasteiger partial charge in [-0.25, -0.2) is 0 Å². The lowest BCUT2D eigenvalue weighted by Crippen LogP contribution is -2.26. The van der Waals surface area contributed by atoms with Crippen molar-refractivity contribution in [1.82, 2.24) is 5.32 Å². The van der Waals surface area contributed by atoms with Gasteiger partial charge in [0.15, 0.2) is 0 Å². The summed E-state index contributed by atoms with van der Waals surface area (Å²) in [6.07, 6.45) is -2.71. The second-order valence-corrected chi connectivity index (χ2v) is 4.14. The summed E-state index contributed by atoms with van der Waals surface area (Å²) in [5, 5.41) is 3.23. The molecule has 18 heavy (non-hydrogen) atoms. The number of rotatable bonds is 2. The van der Waals surface area contributed by atoms with Crippen LogP contribution in [0.1, 0.15) is 24.3 Å². The molecule has 6 heteroatoms. The zero-order chi connectivity index (χ0) is 12.3.